The minimum atomic E-state index is -0.445. The van der Waals surface area contributed by atoms with Crippen molar-refractivity contribution in [3.8, 4) is 0 Å². The maximum atomic E-state index is 12.6. The lowest BCUT2D eigenvalue weighted by Crippen LogP contribution is -2.38. The zero-order chi connectivity index (χ0) is 21.0. The highest BCUT2D eigenvalue weighted by Gasteiger charge is 2.40. The van der Waals surface area contributed by atoms with E-state index in [1.165, 1.54) is 18.6 Å². The van der Waals surface area contributed by atoms with Gasteiger partial charge in [0.25, 0.3) is 5.91 Å². The molecule has 1 aliphatic carbocycles. The lowest BCUT2D eigenvalue weighted by molar-refractivity contribution is -0.139. The van der Waals surface area contributed by atoms with Crippen molar-refractivity contribution in [2.45, 2.75) is 44.3 Å². The van der Waals surface area contributed by atoms with Crippen LogP contribution >= 0.6 is 47.2 Å². The van der Waals surface area contributed by atoms with Gasteiger partial charge in [0.15, 0.2) is 5.11 Å². The van der Waals surface area contributed by atoms with E-state index < -0.39 is 5.91 Å². The molecule has 2 N–H and O–H groups in total. The number of esters is 1. The van der Waals surface area contributed by atoms with Crippen LogP contribution in [0.15, 0.2) is 28.8 Å². The molecule has 0 aromatic heterocycles. The van der Waals surface area contributed by atoms with Crippen molar-refractivity contribution in [1.29, 1.82) is 0 Å². The van der Waals surface area contributed by atoms with Crippen LogP contribution in [0.25, 0.3) is 0 Å². The van der Waals surface area contributed by atoms with Crippen LogP contribution in [0.1, 0.15) is 49.4 Å². The molecule has 1 saturated carbocycles. The molecule has 2 atom stereocenters. The Kier molecular flexibility index (Phi) is 7.85. The number of halogens is 2. The van der Waals surface area contributed by atoms with Crippen LogP contribution in [0, 0.1) is 5.92 Å². The van der Waals surface area contributed by atoms with Gasteiger partial charge < -0.3 is 10.1 Å². The first-order valence-electron chi connectivity index (χ1n) is 9.56. The number of fused-ring (bicyclic) bond motifs is 1. The van der Waals surface area contributed by atoms with Crippen LogP contribution in [0.2, 0.25) is 10.0 Å². The topological polar surface area (TPSA) is 67.4 Å². The van der Waals surface area contributed by atoms with E-state index in [0.29, 0.717) is 27.5 Å². The Bertz CT molecular complexity index is 860. The number of ether oxygens (including phenoxy) is 1. The van der Waals surface area contributed by atoms with E-state index >= 15 is 0 Å². The van der Waals surface area contributed by atoms with E-state index in [1.54, 1.807) is 24.8 Å². The molecular formula is C20H22Cl2N2O3S2. The molecule has 9 heteroatoms. The van der Waals surface area contributed by atoms with Gasteiger partial charge in [-0.15, -0.1) is 11.8 Å². The number of hydrogen-bond donors (Lipinski definition) is 2. The molecule has 0 radical (unpaired) electrons. The Balaban J connectivity index is 1.75. The van der Waals surface area contributed by atoms with Crippen molar-refractivity contribution in [1.82, 2.24) is 10.6 Å². The standard InChI is InChI=1S/C20H22Cl2N2O3S2/c1-2-27-19(26)16-13-6-4-3-5-7-15(13)29-18(16)24-20(28)23-17(25)12-9-8-11(21)10-14(12)22/h8-10,13,15H,2-7H2,1H3,(H2,23,24,25,28)/t13-,15+/m1/s1. The molecule has 1 aromatic carbocycles. The van der Waals surface area contributed by atoms with Crippen molar-refractivity contribution in [3.05, 3.63) is 44.4 Å². The second kappa shape index (κ2) is 10.2. The molecule has 0 bridgehead atoms. The predicted molar refractivity (Wildman–Crippen MR) is 121 cm³/mol. The fraction of sp³-hybridized carbons (Fsp3) is 0.450. The molecule has 29 heavy (non-hydrogen) atoms. The Labute approximate surface area is 189 Å². The van der Waals surface area contributed by atoms with E-state index in [2.05, 4.69) is 10.6 Å². The number of thiocarbonyl (C=S) groups is 1. The third-order valence-corrected chi connectivity index (χ3v) is 7.14. The van der Waals surface area contributed by atoms with E-state index in [1.807, 2.05) is 0 Å². The molecule has 2 aliphatic rings. The molecule has 0 spiro atoms. The smallest absolute Gasteiger partial charge is 0.336 e. The number of rotatable bonds is 4. The average Bonchev–Trinajstić information content (AvgIpc) is 2.82. The summed E-state index contributed by atoms with van der Waals surface area (Å²) in [7, 11) is 0. The second-order valence-electron chi connectivity index (χ2n) is 6.90. The molecule has 1 heterocycles. The first-order chi connectivity index (χ1) is 13.9. The van der Waals surface area contributed by atoms with Gasteiger partial charge >= 0.3 is 5.97 Å². The van der Waals surface area contributed by atoms with Crippen LogP contribution in [-0.4, -0.2) is 28.8 Å². The first-order valence-corrected chi connectivity index (χ1v) is 11.6. The fourth-order valence-corrected chi connectivity index (χ4v) is 5.96. The summed E-state index contributed by atoms with van der Waals surface area (Å²) >= 11 is 18.9. The summed E-state index contributed by atoms with van der Waals surface area (Å²) in [5.41, 5.74) is 0.911. The summed E-state index contributed by atoms with van der Waals surface area (Å²) in [6.45, 7) is 2.10. The SMILES string of the molecule is CCOC(=O)C1=C(NC(=S)NC(=O)c2ccc(Cl)cc2Cl)S[C@H]2CCCCC[C@@H]12. The van der Waals surface area contributed by atoms with Crippen LogP contribution < -0.4 is 10.6 Å². The molecular weight excluding hydrogens is 451 g/mol. The largest absolute Gasteiger partial charge is 0.463 e. The van der Waals surface area contributed by atoms with E-state index in [-0.39, 0.29) is 27.6 Å². The molecule has 1 aliphatic heterocycles. The molecule has 156 valence electrons. The van der Waals surface area contributed by atoms with Crippen molar-refractivity contribution < 1.29 is 14.3 Å². The Morgan fingerprint density at radius 1 is 1.24 bits per heavy atom. The third kappa shape index (κ3) is 5.45. The normalized spacial score (nSPS) is 21.2. The third-order valence-electron chi connectivity index (χ3n) is 4.96. The highest BCUT2D eigenvalue weighted by atomic mass is 35.5. The van der Waals surface area contributed by atoms with Crippen LogP contribution in [-0.2, 0) is 9.53 Å². The number of hydrogen-bond acceptors (Lipinski definition) is 5. The summed E-state index contributed by atoms with van der Waals surface area (Å²) in [6.07, 6.45) is 5.42. The van der Waals surface area contributed by atoms with Gasteiger partial charge in [-0.2, -0.15) is 0 Å². The van der Waals surface area contributed by atoms with Gasteiger partial charge in [-0.25, -0.2) is 4.79 Å². The molecule has 1 aromatic rings. The van der Waals surface area contributed by atoms with Gasteiger partial charge in [-0.05, 0) is 50.2 Å². The molecule has 1 fully saturated rings. The fourth-order valence-electron chi connectivity index (χ4n) is 3.66. The summed E-state index contributed by atoms with van der Waals surface area (Å²) < 4.78 is 5.29. The highest BCUT2D eigenvalue weighted by molar-refractivity contribution is 8.04. The lowest BCUT2D eigenvalue weighted by Gasteiger charge is -2.17. The monoisotopic (exact) mass is 472 g/mol. The molecule has 3 rings (SSSR count). The van der Waals surface area contributed by atoms with Crippen molar-refractivity contribution in [2.75, 3.05) is 6.61 Å². The maximum Gasteiger partial charge on any atom is 0.336 e. The second-order valence-corrected chi connectivity index (χ2v) is 9.40. The van der Waals surface area contributed by atoms with E-state index in [9.17, 15) is 9.59 Å². The molecule has 5 nitrogen and oxygen atoms in total. The van der Waals surface area contributed by atoms with Crippen LogP contribution in [0.5, 0.6) is 0 Å². The molecule has 0 unspecified atom stereocenters. The van der Waals surface area contributed by atoms with E-state index in [0.717, 1.165) is 25.7 Å². The Morgan fingerprint density at radius 2 is 2.00 bits per heavy atom. The number of carbonyl (C=O) groups is 2. The van der Waals surface area contributed by atoms with Crippen molar-refractivity contribution >= 4 is 64.2 Å². The van der Waals surface area contributed by atoms with Crippen molar-refractivity contribution in [2.24, 2.45) is 5.92 Å². The summed E-state index contributed by atoms with van der Waals surface area (Å²) in [6, 6.07) is 4.62. The van der Waals surface area contributed by atoms with Gasteiger partial charge in [0.1, 0.15) is 0 Å². The van der Waals surface area contributed by atoms with Gasteiger partial charge in [0, 0.05) is 16.2 Å². The van der Waals surface area contributed by atoms with Crippen LogP contribution in [0.3, 0.4) is 0 Å². The quantitative estimate of drug-likeness (QED) is 0.470. The number of thioether (sulfide) groups is 1. The lowest BCUT2D eigenvalue weighted by atomic mass is 9.92. The van der Waals surface area contributed by atoms with Gasteiger partial charge in [-0.1, -0.05) is 42.5 Å². The summed E-state index contributed by atoms with van der Waals surface area (Å²) in [5, 5.41) is 7.46. The molecule has 1 amide bonds. The maximum absolute atomic E-state index is 12.6. The van der Waals surface area contributed by atoms with Crippen molar-refractivity contribution in [3.63, 3.8) is 0 Å². The number of carbonyl (C=O) groups excluding carboxylic acids is 2. The Hall–Kier alpha value is -1.28. The first kappa shape index (κ1) is 22.4. The zero-order valence-corrected chi connectivity index (χ0v) is 19.1. The van der Waals surface area contributed by atoms with Gasteiger partial charge in [0.05, 0.1) is 27.8 Å². The summed E-state index contributed by atoms with van der Waals surface area (Å²) in [4.78, 5) is 25.1. The van der Waals surface area contributed by atoms with Gasteiger partial charge in [0.2, 0.25) is 0 Å². The minimum absolute atomic E-state index is 0.113. The van der Waals surface area contributed by atoms with E-state index in [4.69, 9.17) is 40.2 Å². The minimum Gasteiger partial charge on any atom is -0.463 e. The zero-order valence-electron chi connectivity index (χ0n) is 15.9. The number of nitrogens with one attached hydrogen (secondary N) is 2. The number of benzene rings is 1. The number of amides is 1. The predicted octanol–water partition coefficient (Wildman–Crippen LogP) is 5.07. The van der Waals surface area contributed by atoms with Gasteiger partial charge in [-0.3, -0.25) is 10.1 Å². The summed E-state index contributed by atoms with van der Waals surface area (Å²) in [5.74, 6) is -0.611. The molecule has 0 saturated heterocycles. The highest BCUT2D eigenvalue weighted by Crippen LogP contribution is 2.47. The average molecular weight is 473 g/mol. The Morgan fingerprint density at radius 3 is 2.72 bits per heavy atom. The van der Waals surface area contributed by atoms with Crippen LogP contribution in [0.4, 0.5) is 0 Å².